The van der Waals surface area contributed by atoms with Gasteiger partial charge in [-0.1, -0.05) is 17.8 Å². The van der Waals surface area contributed by atoms with Crippen LogP contribution in [0.25, 0.3) is 5.65 Å². The Kier molecular flexibility index (Phi) is 4.56. The fourth-order valence-electron chi connectivity index (χ4n) is 2.59. The van der Waals surface area contributed by atoms with Gasteiger partial charge in [-0.2, -0.15) is 0 Å². The Bertz CT molecular complexity index is 1130. The molecule has 0 aromatic carbocycles. The lowest BCUT2D eigenvalue weighted by Gasteiger charge is -2.05. The van der Waals surface area contributed by atoms with Gasteiger partial charge < -0.3 is 4.42 Å². The van der Waals surface area contributed by atoms with Crippen LogP contribution < -0.4 is 5.56 Å². The van der Waals surface area contributed by atoms with E-state index in [1.54, 1.807) is 21.8 Å². The fourth-order valence-corrected chi connectivity index (χ4v) is 3.87. The molecule has 0 aliphatic carbocycles. The molecule has 4 aromatic heterocycles. The van der Waals surface area contributed by atoms with Crippen molar-refractivity contribution < 1.29 is 4.42 Å². The largest absolute Gasteiger partial charge is 0.416 e. The van der Waals surface area contributed by atoms with Crippen molar-refractivity contribution >= 4 is 28.7 Å². The highest BCUT2D eigenvalue weighted by Crippen LogP contribution is 2.21. The Morgan fingerprint density at radius 3 is 2.88 bits per heavy atom. The number of aryl methyl sites for hydroxylation is 2. The second-order valence-electron chi connectivity index (χ2n) is 5.73. The van der Waals surface area contributed by atoms with Crippen molar-refractivity contribution in [1.29, 1.82) is 0 Å². The van der Waals surface area contributed by atoms with E-state index in [0.29, 0.717) is 34.6 Å². The van der Waals surface area contributed by atoms with Gasteiger partial charge in [0, 0.05) is 22.9 Å². The van der Waals surface area contributed by atoms with Gasteiger partial charge in [-0.3, -0.25) is 9.20 Å². The monoisotopic (exact) mass is 385 g/mol. The zero-order valence-electron chi connectivity index (χ0n) is 14.2. The molecule has 4 aromatic rings. The third-order valence-electron chi connectivity index (χ3n) is 3.72. The summed E-state index contributed by atoms with van der Waals surface area (Å²) < 4.78 is 7.24. The van der Waals surface area contributed by atoms with Gasteiger partial charge in [0.15, 0.2) is 0 Å². The second kappa shape index (κ2) is 7.00. The number of aromatic nitrogens is 5. The molecule has 4 rings (SSSR count). The zero-order chi connectivity index (χ0) is 18.1. The molecule has 0 radical (unpaired) electrons. The van der Waals surface area contributed by atoms with Gasteiger partial charge in [0.25, 0.3) is 10.8 Å². The molecule has 26 heavy (non-hydrogen) atoms. The van der Waals surface area contributed by atoms with Crippen molar-refractivity contribution in [2.75, 3.05) is 0 Å². The number of thiazole rings is 1. The average molecular weight is 385 g/mol. The van der Waals surface area contributed by atoms with Crippen LogP contribution in [0.3, 0.4) is 0 Å². The molecule has 9 heteroatoms. The molecule has 0 amide bonds. The summed E-state index contributed by atoms with van der Waals surface area (Å²) in [4.78, 5) is 21.2. The molecule has 0 N–H and O–H groups in total. The summed E-state index contributed by atoms with van der Waals surface area (Å²) in [5.41, 5.74) is 3.01. The van der Waals surface area contributed by atoms with Crippen molar-refractivity contribution in [1.82, 2.24) is 24.6 Å². The van der Waals surface area contributed by atoms with Crippen molar-refractivity contribution in [3.8, 4) is 0 Å². The number of fused-ring (bicyclic) bond motifs is 1. The Morgan fingerprint density at radius 2 is 2.08 bits per heavy atom. The van der Waals surface area contributed by atoms with Gasteiger partial charge >= 0.3 is 0 Å². The van der Waals surface area contributed by atoms with Gasteiger partial charge in [0.05, 0.1) is 22.8 Å². The minimum Gasteiger partial charge on any atom is -0.416 e. The van der Waals surface area contributed by atoms with E-state index in [9.17, 15) is 4.79 Å². The fraction of sp³-hybridized carbons (Fsp3) is 0.235. The second-order valence-corrected chi connectivity index (χ2v) is 7.72. The van der Waals surface area contributed by atoms with Crippen molar-refractivity contribution in [3.05, 3.63) is 68.0 Å². The van der Waals surface area contributed by atoms with E-state index in [4.69, 9.17) is 4.42 Å². The average Bonchev–Trinajstić information content (AvgIpc) is 3.22. The first-order valence-electron chi connectivity index (χ1n) is 7.93. The number of pyridine rings is 1. The normalized spacial score (nSPS) is 11.3. The lowest BCUT2D eigenvalue weighted by molar-refractivity contribution is 0.419. The Balaban J connectivity index is 1.47. The van der Waals surface area contributed by atoms with Crippen LogP contribution >= 0.6 is 23.1 Å². The highest BCUT2D eigenvalue weighted by atomic mass is 32.2. The summed E-state index contributed by atoms with van der Waals surface area (Å²) >= 11 is 2.96. The first-order chi connectivity index (χ1) is 12.6. The molecule has 0 unspecified atom stereocenters. The molecule has 0 spiro atoms. The van der Waals surface area contributed by atoms with Crippen molar-refractivity contribution in [2.45, 2.75) is 31.2 Å². The maximum absolute atomic E-state index is 12.3. The number of thioether (sulfide) groups is 1. The number of rotatable bonds is 5. The van der Waals surface area contributed by atoms with Crippen molar-refractivity contribution in [3.63, 3.8) is 0 Å². The van der Waals surface area contributed by atoms with Crippen molar-refractivity contribution in [2.24, 2.45) is 0 Å². The van der Waals surface area contributed by atoms with E-state index >= 15 is 0 Å². The van der Waals surface area contributed by atoms with E-state index < -0.39 is 0 Å². The molecule has 0 saturated carbocycles. The highest BCUT2D eigenvalue weighted by Gasteiger charge is 2.11. The first kappa shape index (κ1) is 16.9. The standard InChI is InChI=1S/C17H15N5O2S2/c1-10-4-3-5-14-19-13(7-16(23)22(10)14)9-26-17-21-20-15(24-17)6-12-8-25-11(2)18-12/h3-5,7-8H,6,9H2,1-2H3. The van der Waals surface area contributed by atoms with Crippen LogP contribution in [0.5, 0.6) is 0 Å². The molecule has 0 bridgehead atoms. The van der Waals surface area contributed by atoms with E-state index in [0.717, 1.165) is 16.4 Å². The summed E-state index contributed by atoms with van der Waals surface area (Å²) in [6, 6.07) is 7.14. The summed E-state index contributed by atoms with van der Waals surface area (Å²) in [5, 5.41) is 11.6. The minimum absolute atomic E-state index is 0.0891. The van der Waals surface area contributed by atoms with E-state index in [-0.39, 0.29) is 5.56 Å². The smallest absolute Gasteiger partial charge is 0.276 e. The molecular formula is C17H15N5O2S2. The summed E-state index contributed by atoms with van der Waals surface area (Å²) in [5.74, 6) is 1.01. The number of hydrogen-bond acceptors (Lipinski definition) is 8. The molecule has 0 saturated heterocycles. The Morgan fingerprint density at radius 1 is 1.19 bits per heavy atom. The maximum atomic E-state index is 12.3. The molecule has 0 atom stereocenters. The molecule has 0 fully saturated rings. The van der Waals surface area contributed by atoms with Gasteiger partial charge in [-0.15, -0.1) is 21.5 Å². The van der Waals surface area contributed by atoms with Crippen LogP contribution in [0.4, 0.5) is 0 Å². The third-order valence-corrected chi connectivity index (χ3v) is 5.40. The van der Waals surface area contributed by atoms with E-state index in [1.807, 2.05) is 37.4 Å². The summed E-state index contributed by atoms with van der Waals surface area (Å²) in [6.07, 6.45) is 0.521. The van der Waals surface area contributed by atoms with E-state index in [2.05, 4.69) is 20.2 Å². The predicted molar refractivity (Wildman–Crippen MR) is 99.7 cm³/mol. The van der Waals surface area contributed by atoms with Gasteiger partial charge in [-0.05, 0) is 26.0 Å². The quantitative estimate of drug-likeness (QED) is 0.488. The van der Waals surface area contributed by atoms with Gasteiger partial charge in [0.1, 0.15) is 5.65 Å². The molecule has 132 valence electrons. The SMILES string of the molecule is Cc1nc(Cc2nnc(SCc3cc(=O)n4c(C)cccc4n3)o2)cs1. The topological polar surface area (TPSA) is 86.2 Å². The first-order valence-corrected chi connectivity index (χ1v) is 9.79. The summed E-state index contributed by atoms with van der Waals surface area (Å²) in [7, 11) is 0. The van der Waals surface area contributed by atoms with Crippen LogP contribution in [0.2, 0.25) is 0 Å². The summed E-state index contributed by atoms with van der Waals surface area (Å²) in [6.45, 7) is 3.85. The minimum atomic E-state index is -0.0891. The molecular weight excluding hydrogens is 370 g/mol. The van der Waals surface area contributed by atoms with E-state index in [1.165, 1.54) is 11.8 Å². The molecule has 4 heterocycles. The molecule has 0 aliphatic rings. The van der Waals surface area contributed by atoms with Crippen LogP contribution in [-0.4, -0.2) is 24.6 Å². The lowest BCUT2D eigenvalue weighted by atomic mass is 10.3. The lowest BCUT2D eigenvalue weighted by Crippen LogP contribution is -2.17. The Hall–Kier alpha value is -2.52. The zero-order valence-corrected chi connectivity index (χ0v) is 15.8. The number of hydrogen-bond donors (Lipinski definition) is 0. The Labute approximate surface area is 157 Å². The van der Waals surface area contributed by atoms with Crippen LogP contribution in [0.1, 0.15) is 28.0 Å². The van der Waals surface area contributed by atoms with Gasteiger partial charge in [0.2, 0.25) is 5.89 Å². The van der Waals surface area contributed by atoms with Crippen LogP contribution in [0.15, 0.2) is 44.1 Å². The van der Waals surface area contributed by atoms with Gasteiger partial charge in [-0.25, -0.2) is 9.97 Å². The van der Waals surface area contributed by atoms with Crippen LogP contribution in [0, 0.1) is 13.8 Å². The highest BCUT2D eigenvalue weighted by molar-refractivity contribution is 7.98. The molecule has 7 nitrogen and oxygen atoms in total. The third kappa shape index (κ3) is 3.54. The number of nitrogens with zero attached hydrogens (tertiary/aromatic N) is 5. The van der Waals surface area contributed by atoms with Crippen LogP contribution in [-0.2, 0) is 12.2 Å². The molecule has 0 aliphatic heterocycles. The predicted octanol–water partition coefficient (Wildman–Crippen LogP) is 3.03. The maximum Gasteiger partial charge on any atom is 0.276 e.